The number of halogens is 1. The highest BCUT2D eigenvalue weighted by Crippen LogP contribution is 2.30. The Labute approximate surface area is 136 Å². The Hall–Kier alpha value is -1.10. The highest BCUT2D eigenvalue weighted by molar-refractivity contribution is 9.10. The summed E-state index contributed by atoms with van der Waals surface area (Å²) >= 11 is 3.53. The molecule has 0 amide bonds. The van der Waals surface area contributed by atoms with Crippen molar-refractivity contribution in [3.8, 4) is 5.88 Å². The quantitative estimate of drug-likeness (QED) is 0.500. The number of aryl methyl sites for hydroxylation is 1. The maximum Gasteiger partial charge on any atom is 0.228 e. The van der Waals surface area contributed by atoms with Gasteiger partial charge in [0.2, 0.25) is 5.88 Å². The van der Waals surface area contributed by atoms with Crippen LogP contribution in [0, 0.1) is 6.92 Å². The van der Waals surface area contributed by atoms with E-state index < -0.39 is 0 Å². The van der Waals surface area contributed by atoms with Crippen LogP contribution in [0.2, 0.25) is 0 Å². The lowest BCUT2D eigenvalue weighted by atomic mass is 10.2. The predicted molar refractivity (Wildman–Crippen MR) is 92.7 cm³/mol. The fourth-order valence-corrected chi connectivity index (χ4v) is 2.14. The van der Waals surface area contributed by atoms with Crippen molar-refractivity contribution in [2.24, 2.45) is 4.99 Å². The summed E-state index contributed by atoms with van der Waals surface area (Å²) in [5.74, 6) is 0.652. The van der Waals surface area contributed by atoms with E-state index >= 15 is 0 Å². The Kier molecular flexibility index (Phi) is 7.72. The third-order valence-electron chi connectivity index (χ3n) is 3.28. The molecule has 0 saturated heterocycles. The van der Waals surface area contributed by atoms with E-state index in [9.17, 15) is 0 Å². The normalized spacial score (nSPS) is 12.7. The van der Waals surface area contributed by atoms with Crippen LogP contribution in [0.1, 0.15) is 45.7 Å². The number of hydrogen-bond acceptors (Lipinski definition) is 3. The van der Waals surface area contributed by atoms with Gasteiger partial charge in [0.05, 0.1) is 28.3 Å². The van der Waals surface area contributed by atoms with Gasteiger partial charge in [-0.05, 0) is 49.2 Å². The highest BCUT2D eigenvalue weighted by Gasteiger charge is 2.11. The monoisotopic (exact) mass is 355 g/mol. The van der Waals surface area contributed by atoms with E-state index in [0.717, 1.165) is 28.8 Å². The Morgan fingerprint density at radius 3 is 2.81 bits per heavy atom. The first-order chi connectivity index (χ1) is 9.97. The maximum atomic E-state index is 5.91. The van der Waals surface area contributed by atoms with Crippen LogP contribution in [0.5, 0.6) is 5.88 Å². The van der Waals surface area contributed by atoms with Crippen molar-refractivity contribution in [2.45, 2.75) is 53.1 Å². The molecule has 1 rings (SSSR count). The van der Waals surface area contributed by atoms with Crippen molar-refractivity contribution < 1.29 is 4.74 Å². The largest absolute Gasteiger partial charge is 0.474 e. The summed E-state index contributed by atoms with van der Waals surface area (Å²) in [6, 6.07) is 1.96. The molecule has 0 saturated carbocycles. The SMILES string of the molecule is CCCCC(C)Oc1nc(C)c(N=CN(C)CC)cc1Br. The van der Waals surface area contributed by atoms with Gasteiger partial charge in [0, 0.05) is 13.6 Å². The number of ether oxygens (including phenoxy) is 1. The topological polar surface area (TPSA) is 37.7 Å². The molecule has 0 fully saturated rings. The molecule has 0 N–H and O–H groups in total. The standard InChI is InChI=1S/C16H26BrN3O/c1-6-8-9-12(3)21-16-14(17)10-15(13(4)19-16)18-11-20(5)7-2/h10-12H,6-9H2,1-5H3. The lowest BCUT2D eigenvalue weighted by Gasteiger charge is -2.16. The molecule has 1 aromatic rings. The number of unbranched alkanes of at least 4 members (excludes halogenated alkanes) is 1. The number of rotatable bonds is 8. The number of pyridine rings is 1. The predicted octanol–water partition coefficient (Wildman–Crippen LogP) is 4.72. The summed E-state index contributed by atoms with van der Waals surface area (Å²) in [5, 5.41) is 0. The van der Waals surface area contributed by atoms with Gasteiger partial charge in [-0.25, -0.2) is 9.98 Å². The first kappa shape index (κ1) is 18.0. The molecule has 0 aromatic carbocycles. The summed E-state index contributed by atoms with van der Waals surface area (Å²) in [4.78, 5) is 11.0. The molecule has 0 bridgehead atoms. The van der Waals surface area contributed by atoms with Crippen molar-refractivity contribution >= 4 is 28.0 Å². The van der Waals surface area contributed by atoms with Gasteiger partial charge in [-0.3, -0.25) is 0 Å². The zero-order chi connectivity index (χ0) is 15.8. The minimum Gasteiger partial charge on any atom is -0.474 e. The first-order valence-electron chi connectivity index (χ1n) is 7.56. The second kappa shape index (κ2) is 9.03. The summed E-state index contributed by atoms with van der Waals surface area (Å²) in [5.41, 5.74) is 1.73. The lowest BCUT2D eigenvalue weighted by Crippen LogP contribution is -2.14. The molecule has 0 aliphatic rings. The highest BCUT2D eigenvalue weighted by atomic mass is 79.9. The minimum absolute atomic E-state index is 0.175. The maximum absolute atomic E-state index is 5.91. The van der Waals surface area contributed by atoms with Crippen LogP contribution in [0.3, 0.4) is 0 Å². The molecule has 1 heterocycles. The fourth-order valence-electron chi connectivity index (χ4n) is 1.75. The third kappa shape index (κ3) is 6.04. The molecule has 1 unspecified atom stereocenters. The molecule has 0 spiro atoms. The Morgan fingerprint density at radius 2 is 2.19 bits per heavy atom. The van der Waals surface area contributed by atoms with Gasteiger partial charge in [-0.1, -0.05) is 19.8 Å². The second-order valence-electron chi connectivity index (χ2n) is 5.27. The number of nitrogens with zero attached hydrogens (tertiary/aromatic N) is 3. The Balaban J connectivity index is 2.82. The second-order valence-corrected chi connectivity index (χ2v) is 6.12. The smallest absolute Gasteiger partial charge is 0.228 e. The van der Waals surface area contributed by atoms with Gasteiger partial charge >= 0.3 is 0 Å². The summed E-state index contributed by atoms with van der Waals surface area (Å²) in [6.45, 7) is 9.23. The molecule has 0 aliphatic carbocycles. The fraction of sp³-hybridized carbons (Fsp3) is 0.625. The van der Waals surface area contributed by atoms with E-state index in [1.54, 1.807) is 0 Å². The van der Waals surface area contributed by atoms with Crippen molar-refractivity contribution in [2.75, 3.05) is 13.6 Å². The first-order valence-corrected chi connectivity index (χ1v) is 8.35. The molecular formula is C16H26BrN3O. The summed E-state index contributed by atoms with van der Waals surface area (Å²) < 4.78 is 6.76. The van der Waals surface area contributed by atoms with Gasteiger partial charge < -0.3 is 9.64 Å². The van der Waals surface area contributed by atoms with Crippen LogP contribution in [0.25, 0.3) is 0 Å². The molecule has 1 aromatic heterocycles. The van der Waals surface area contributed by atoms with Crippen LogP contribution in [0.15, 0.2) is 15.5 Å². The molecule has 5 heteroatoms. The average molecular weight is 356 g/mol. The average Bonchev–Trinajstić information content (AvgIpc) is 2.46. The summed E-state index contributed by atoms with van der Waals surface area (Å²) in [7, 11) is 1.99. The zero-order valence-corrected chi connectivity index (χ0v) is 15.3. The van der Waals surface area contributed by atoms with Crippen LogP contribution >= 0.6 is 15.9 Å². The van der Waals surface area contributed by atoms with Crippen molar-refractivity contribution in [3.63, 3.8) is 0 Å². The van der Waals surface area contributed by atoms with Crippen molar-refractivity contribution in [1.29, 1.82) is 0 Å². The van der Waals surface area contributed by atoms with Gasteiger partial charge in [0.1, 0.15) is 0 Å². The number of hydrogen-bond donors (Lipinski definition) is 0. The third-order valence-corrected chi connectivity index (χ3v) is 3.85. The summed E-state index contributed by atoms with van der Waals surface area (Å²) in [6.07, 6.45) is 5.39. The van der Waals surface area contributed by atoms with Gasteiger partial charge in [0.25, 0.3) is 0 Å². The van der Waals surface area contributed by atoms with E-state index in [0.29, 0.717) is 5.88 Å². The van der Waals surface area contributed by atoms with E-state index in [1.807, 2.05) is 31.3 Å². The van der Waals surface area contributed by atoms with Gasteiger partial charge in [0.15, 0.2) is 0 Å². The van der Waals surface area contributed by atoms with Crippen LogP contribution in [-0.2, 0) is 0 Å². The molecule has 1 atom stereocenters. The lowest BCUT2D eigenvalue weighted by molar-refractivity contribution is 0.197. The molecule has 0 aliphatic heterocycles. The van der Waals surface area contributed by atoms with Crippen LogP contribution in [0.4, 0.5) is 5.69 Å². The van der Waals surface area contributed by atoms with Crippen molar-refractivity contribution in [1.82, 2.24) is 9.88 Å². The van der Waals surface area contributed by atoms with Gasteiger partial charge in [-0.15, -0.1) is 0 Å². The zero-order valence-electron chi connectivity index (χ0n) is 13.7. The number of aromatic nitrogens is 1. The van der Waals surface area contributed by atoms with Crippen LogP contribution in [-0.4, -0.2) is 35.9 Å². The molecular weight excluding hydrogens is 330 g/mol. The minimum atomic E-state index is 0.175. The number of aliphatic imine (C=N–C) groups is 1. The Morgan fingerprint density at radius 1 is 1.48 bits per heavy atom. The van der Waals surface area contributed by atoms with E-state index in [1.165, 1.54) is 12.8 Å². The molecule has 21 heavy (non-hydrogen) atoms. The molecule has 118 valence electrons. The molecule has 0 radical (unpaired) electrons. The Bertz CT molecular complexity index is 477. The van der Waals surface area contributed by atoms with E-state index in [4.69, 9.17) is 4.74 Å². The van der Waals surface area contributed by atoms with E-state index in [2.05, 4.69) is 46.7 Å². The van der Waals surface area contributed by atoms with E-state index in [-0.39, 0.29) is 6.10 Å². The molecule has 4 nitrogen and oxygen atoms in total. The van der Waals surface area contributed by atoms with Crippen LogP contribution < -0.4 is 4.74 Å². The van der Waals surface area contributed by atoms with Crippen molar-refractivity contribution in [3.05, 3.63) is 16.2 Å². The van der Waals surface area contributed by atoms with Gasteiger partial charge in [-0.2, -0.15) is 0 Å².